The summed E-state index contributed by atoms with van der Waals surface area (Å²) in [4.78, 5) is 54.8. The third-order valence-electron chi connectivity index (χ3n) is 18.0. The van der Waals surface area contributed by atoms with Gasteiger partial charge < -0.3 is 39.1 Å². The van der Waals surface area contributed by atoms with E-state index in [2.05, 4.69) is 50.5 Å². The first-order chi connectivity index (χ1) is 39.9. The molecule has 0 spiro atoms. The molecule has 3 rings (SSSR count). The first kappa shape index (κ1) is 72.9. The lowest BCUT2D eigenvalue weighted by atomic mass is 9.74. The molecule has 0 unspecified atom stereocenters. The van der Waals surface area contributed by atoms with E-state index in [1.165, 1.54) is 208 Å². The second-order valence-corrected chi connectivity index (χ2v) is 25.1. The van der Waals surface area contributed by atoms with Crippen molar-refractivity contribution in [3.63, 3.8) is 0 Å². The zero-order valence-corrected chi connectivity index (χ0v) is 54.2. The van der Waals surface area contributed by atoms with Crippen molar-refractivity contribution in [2.75, 3.05) is 39.1 Å². The minimum Gasteiger partial charge on any atom is -0.469 e. The summed E-state index contributed by atoms with van der Waals surface area (Å²) in [5.41, 5.74) is -1.32. The van der Waals surface area contributed by atoms with Crippen molar-refractivity contribution in [1.82, 2.24) is 0 Å². The van der Waals surface area contributed by atoms with Crippen LogP contribution in [0.3, 0.4) is 0 Å². The molecule has 0 fully saturated rings. The van der Waals surface area contributed by atoms with Gasteiger partial charge in [0, 0.05) is 22.5 Å². The number of nitrogens with one attached hydrogen (secondary N) is 2. The van der Waals surface area contributed by atoms with E-state index < -0.39 is 46.5 Å². The van der Waals surface area contributed by atoms with Crippen molar-refractivity contribution in [2.45, 2.75) is 359 Å². The molecule has 1 aromatic rings. The summed E-state index contributed by atoms with van der Waals surface area (Å²) in [6.45, 7) is 9.07. The highest BCUT2D eigenvalue weighted by atomic mass is 16.6. The molecule has 1 aromatic carbocycles. The first-order valence-corrected chi connectivity index (χ1v) is 34.3. The molecule has 0 aromatic heterocycles. The maximum absolute atomic E-state index is 13.7. The Morgan fingerprint density at radius 1 is 0.317 bits per heavy atom. The van der Waals surface area contributed by atoms with Gasteiger partial charge in [0.1, 0.15) is 0 Å². The Bertz CT molecular complexity index is 1660. The van der Waals surface area contributed by atoms with E-state index in [-0.39, 0.29) is 25.7 Å². The minimum absolute atomic E-state index is 0.223. The van der Waals surface area contributed by atoms with Crippen molar-refractivity contribution in [3.05, 3.63) is 23.3 Å². The Morgan fingerprint density at radius 2 is 0.512 bits per heavy atom. The average molecular weight is 1150 g/mol. The van der Waals surface area contributed by atoms with E-state index in [4.69, 9.17) is 28.4 Å². The normalized spacial score (nSPS) is 15.4. The number of esters is 4. The average Bonchev–Trinajstić information content (AvgIpc) is 1.03. The van der Waals surface area contributed by atoms with Crippen LogP contribution in [-0.4, -0.2) is 63.8 Å². The van der Waals surface area contributed by atoms with Crippen LogP contribution in [0.2, 0.25) is 0 Å². The summed E-state index contributed by atoms with van der Waals surface area (Å²) < 4.78 is 36.8. The minimum atomic E-state index is -1.50. The summed E-state index contributed by atoms with van der Waals surface area (Å²) in [6, 6.07) is 4.42. The standard InChI is InChI=1S/C70H124N2O10/c1-9-13-17-21-25-29-33-37-41-45-49-67(50-46-42-38-34-30-26-22-18-14-10-2)59-53-60-62(54-61(59)71-69(81-67,55-63(73)77-5)56-64(74)78-6)72-70(57-65(75)79-7,58-66(76)80-8)82-68(60,51-47-43-39-35-31-27-23-19-15-11-3)52-48-44-40-36-32-28-24-20-16-12-4/h53-54,71-72H,9-52,55-58H2,1-8H3. The van der Waals surface area contributed by atoms with Crippen molar-refractivity contribution in [3.8, 4) is 0 Å². The number of methoxy groups -OCH3 is 4. The third kappa shape index (κ3) is 27.3. The van der Waals surface area contributed by atoms with Gasteiger partial charge >= 0.3 is 23.9 Å². The predicted molar refractivity (Wildman–Crippen MR) is 337 cm³/mol. The Morgan fingerprint density at radius 3 is 0.707 bits per heavy atom. The van der Waals surface area contributed by atoms with Crippen LogP contribution in [0.5, 0.6) is 0 Å². The zero-order valence-electron chi connectivity index (χ0n) is 54.2. The molecule has 12 heteroatoms. The second kappa shape index (κ2) is 43.3. The quantitative estimate of drug-likeness (QED) is 0.0363. The molecular weight excluding hydrogens is 1030 g/mol. The molecule has 2 aliphatic rings. The molecule has 0 saturated carbocycles. The molecule has 0 atom stereocenters. The van der Waals surface area contributed by atoms with E-state index >= 15 is 0 Å². The molecule has 0 saturated heterocycles. The van der Waals surface area contributed by atoms with E-state index in [0.29, 0.717) is 25.7 Å². The van der Waals surface area contributed by atoms with E-state index in [9.17, 15) is 19.2 Å². The fourth-order valence-electron chi connectivity index (χ4n) is 13.2. The van der Waals surface area contributed by atoms with Crippen LogP contribution in [0, 0.1) is 0 Å². The van der Waals surface area contributed by atoms with Gasteiger partial charge in [-0.25, -0.2) is 0 Å². The first-order valence-electron chi connectivity index (χ1n) is 34.3. The van der Waals surface area contributed by atoms with Gasteiger partial charge in [-0.2, -0.15) is 0 Å². The zero-order chi connectivity index (χ0) is 59.6. The van der Waals surface area contributed by atoms with Gasteiger partial charge in [-0.15, -0.1) is 0 Å². The fourth-order valence-corrected chi connectivity index (χ4v) is 13.2. The lowest BCUT2D eigenvalue weighted by Gasteiger charge is -2.53. The fraction of sp³-hybridized carbons (Fsp3) is 0.857. The Labute approximate surface area is 501 Å². The van der Waals surface area contributed by atoms with Gasteiger partial charge in [0.25, 0.3) is 0 Å². The highest BCUT2D eigenvalue weighted by Gasteiger charge is 2.55. The molecule has 0 radical (unpaired) electrons. The summed E-state index contributed by atoms with van der Waals surface area (Å²) in [6.07, 6.45) is 49.7. The van der Waals surface area contributed by atoms with Gasteiger partial charge in [0.05, 0.1) is 65.3 Å². The van der Waals surface area contributed by atoms with Gasteiger partial charge in [0.15, 0.2) is 11.4 Å². The lowest BCUT2D eigenvalue weighted by Crippen LogP contribution is -2.57. The molecule has 2 heterocycles. The van der Waals surface area contributed by atoms with Crippen LogP contribution in [0.25, 0.3) is 0 Å². The second-order valence-electron chi connectivity index (χ2n) is 25.1. The van der Waals surface area contributed by atoms with Crippen molar-refractivity contribution in [2.24, 2.45) is 0 Å². The monoisotopic (exact) mass is 1150 g/mol. The van der Waals surface area contributed by atoms with Crippen molar-refractivity contribution >= 4 is 35.3 Å². The van der Waals surface area contributed by atoms with Crippen LogP contribution >= 0.6 is 0 Å². The highest BCUT2D eigenvalue weighted by molar-refractivity contribution is 5.80. The summed E-state index contributed by atoms with van der Waals surface area (Å²) in [5, 5.41) is 7.34. The predicted octanol–water partition coefficient (Wildman–Crippen LogP) is 19.9. The van der Waals surface area contributed by atoms with Gasteiger partial charge in [-0.3, -0.25) is 19.2 Å². The van der Waals surface area contributed by atoms with E-state index in [1.54, 1.807) is 0 Å². The molecule has 2 aliphatic heterocycles. The van der Waals surface area contributed by atoms with Gasteiger partial charge in [0.2, 0.25) is 0 Å². The Kier molecular flexibility index (Phi) is 38.5. The number of carbonyl (C=O) groups excluding carboxylic acids is 4. The van der Waals surface area contributed by atoms with Crippen molar-refractivity contribution in [1.29, 1.82) is 0 Å². The van der Waals surface area contributed by atoms with Crippen LogP contribution < -0.4 is 10.6 Å². The Balaban J connectivity index is 2.29. The maximum Gasteiger partial charge on any atom is 0.310 e. The highest BCUT2D eigenvalue weighted by Crippen LogP contribution is 2.56. The molecule has 0 amide bonds. The molecule has 474 valence electrons. The van der Waals surface area contributed by atoms with E-state index in [0.717, 1.165) is 99.6 Å². The number of anilines is 2. The summed E-state index contributed by atoms with van der Waals surface area (Å²) in [5.74, 6) is -2.01. The SMILES string of the molecule is CCCCCCCCCCCCC1(CCCCCCCCCCCC)OC(CC(=O)OC)(CC(=O)OC)Nc2cc3c(cc21)C(CCCCCCCCCCCC)(CCCCCCCCCCCC)OC(CC(=O)OC)(CC(=O)OC)N3. The molecule has 82 heavy (non-hydrogen) atoms. The number of benzene rings is 1. The number of hydrogen-bond acceptors (Lipinski definition) is 12. The van der Waals surface area contributed by atoms with Crippen LogP contribution in [0.1, 0.15) is 347 Å². The molecular formula is C70H124N2O10. The van der Waals surface area contributed by atoms with Gasteiger partial charge in [-0.1, -0.05) is 285 Å². The van der Waals surface area contributed by atoms with Crippen LogP contribution in [-0.2, 0) is 58.8 Å². The molecule has 12 nitrogen and oxygen atoms in total. The topological polar surface area (TPSA) is 148 Å². The van der Waals surface area contributed by atoms with Gasteiger partial charge in [-0.05, 0) is 37.8 Å². The van der Waals surface area contributed by atoms with E-state index in [1.807, 2.05) is 0 Å². The number of carbonyl (C=O) groups is 4. The number of rotatable bonds is 52. The number of ether oxygens (including phenoxy) is 6. The number of unbranched alkanes of at least 4 members (excludes halogenated alkanes) is 36. The maximum atomic E-state index is 13.7. The van der Waals surface area contributed by atoms with Crippen LogP contribution in [0.15, 0.2) is 12.1 Å². The van der Waals surface area contributed by atoms with Crippen LogP contribution in [0.4, 0.5) is 11.4 Å². The molecule has 0 bridgehead atoms. The largest absolute Gasteiger partial charge is 0.469 e. The summed E-state index contributed by atoms with van der Waals surface area (Å²) in [7, 11) is 5.49. The third-order valence-corrected chi connectivity index (χ3v) is 18.0. The smallest absolute Gasteiger partial charge is 0.310 e. The molecule has 2 N–H and O–H groups in total. The lowest BCUT2D eigenvalue weighted by molar-refractivity contribution is -0.190. The summed E-state index contributed by atoms with van der Waals surface area (Å²) >= 11 is 0. The Hall–Kier alpha value is -3.38. The number of fused-ring (bicyclic) bond motifs is 2. The number of hydrogen-bond donors (Lipinski definition) is 2. The molecule has 0 aliphatic carbocycles. The van der Waals surface area contributed by atoms with Crippen molar-refractivity contribution < 1.29 is 47.6 Å².